The molecule has 0 aromatic rings. The molecule has 98 valence electrons. The van der Waals surface area contributed by atoms with Crippen LogP contribution in [-0.2, 0) is 9.59 Å². The van der Waals surface area contributed by atoms with E-state index in [-0.39, 0.29) is 19.0 Å². The van der Waals surface area contributed by atoms with E-state index in [0.717, 1.165) is 18.8 Å². The lowest BCUT2D eigenvalue weighted by Crippen LogP contribution is -2.43. The Balaban J connectivity index is 2.26. The van der Waals surface area contributed by atoms with Crippen LogP contribution in [0.15, 0.2) is 0 Å². The molecular weight excluding hydrogens is 220 g/mol. The Bertz CT molecular complexity index is 273. The van der Waals surface area contributed by atoms with Gasteiger partial charge in [0, 0.05) is 6.04 Å². The van der Waals surface area contributed by atoms with Crippen molar-refractivity contribution >= 4 is 11.9 Å². The number of nitrogens with zero attached hydrogens (tertiary/aromatic N) is 1. The van der Waals surface area contributed by atoms with E-state index < -0.39 is 5.97 Å². The Hall–Kier alpha value is -1.10. The van der Waals surface area contributed by atoms with Gasteiger partial charge in [0.25, 0.3) is 0 Å². The predicted molar refractivity (Wildman–Crippen MR) is 64.7 cm³/mol. The summed E-state index contributed by atoms with van der Waals surface area (Å²) in [7, 11) is 1.93. The van der Waals surface area contributed by atoms with Crippen molar-refractivity contribution in [3.63, 3.8) is 0 Å². The quantitative estimate of drug-likeness (QED) is 0.744. The molecule has 0 heterocycles. The molecule has 0 saturated heterocycles. The summed E-state index contributed by atoms with van der Waals surface area (Å²) in [4.78, 5) is 23.8. The van der Waals surface area contributed by atoms with Crippen LogP contribution >= 0.6 is 0 Å². The van der Waals surface area contributed by atoms with Gasteiger partial charge < -0.3 is 10.4 Å². The third kappa shape index (κ3) is 5.17. The second kappa shape index (κ2) is 6.59. The van der Waals surface area contributed by atoms with Gasteiger partial charge in [0.05, 0.1) is 6.54 Å². The minimum absolute atomic E-state index is 0.214. The topological polar surface area (TPSA) is 69.6 Å². The lowest BCUT2D eigenvalue weighted by molar-refractivity contribution is -0.138. The van der Waals surface area contributed by atoms with Gasteiger partial charge in [0.1, 0.15) is 6.54 Å². The summed E-state index contributed by atoms with van der Waals surface area (Å²) in [6.07, 6.45) is 4.69. The van der Waals surface area contributed by atoms with Gasteiger partial charge in [0.2, 0.25) is 5.91 Å². The van der Waals surface area contributed by atoms with Crippen LogP contribution in [0.2, 0.25) is 0 Å². The maximum absolute atomic E-state index is 11.4. The number of rotatable bonds is 5. The monoisotopic (exact) mass is 242 g/mol. The number of carboxylic acid groups (broad SMARTS) is 1. The summed E-state index contributed by atoms with van der Waals surface area (Å²) in [6, 6.07) is 0.460. The van der Waals surface area contributed by atoms with Crippen molar-refractivity contribution < 1.29 is 14.7 Å². The Morgan fingerprint density at radius 1 is 1.29 bits per heavy atom. The number of carboxylic acids is 1. The molecule has 1 fully saturated rings. The number of carbonyl (C=O) groups excluding carboxylic acids is 1. The van der Waals surface area contributed by atoms with Gasteiger partial charge in [0.15, 0.2) is 0 Å². The van der Waals surface area contributed by atoms with Crippen LogP contribution in [0.25, 0.3) is 0 Å². The zero-order chi connectivity index (χ0) is 12.8. The summed E-state index contributed by atoms with van der Waals surface area (Å²) in [5, 5.41) is 10.8. The summed E-state index contributed by atoms with van der Waals surface area (Å²) in [6.45, 7) is 2.25. The highest BCUT2D eigenvalue weighted by molar-refractivity contribution is 5.82. The zero-order valence-electron chi connectivity index (χ0n) is 10.6. The molecule has 0 aromatic carbocycles. The molecule has 0 spiro atoms. The van der Waals surface area contributed by atoms with Gasteiger partial charge in [-0.05, 0) is 38.6 Å². The van der Waals surface area contributed by atoms with Crippen LogP contribution in [0.4, 0.5) is 0 Å². The molecule has 0 aliphatic heterocycles. The summed E-state index contributed by atoms with van der Waals surface area (Å²) in [5.41, 5.74) is 0. The van der Waals surface area contributed by atoms with Crippen molar-refractivity contribution in [3.05, 3.63) is 0 Å². The van der Waals surface area contributed by atoms with Gasteiger partial charge in [-0.25, -0.2) is 0 Å². The molecule has 0 unspecified atom stereocenters. The molecule has 0 aromatic heterocycles. The first-order valence-electron chi connectivity index (χ1n) is 6.17. The van der Waals surface area contributed by atoms with E-state index in [1.54, 1.807) is 0 Å². The van der Waals surface area contributed by atoms with Crippen LogP contribution in [0.5, 0.6) is 0 Å². The van der Waals surface area contributed by atoms with E-state index in [0.29, 0.717) is 6.04 Å². The lowest BCUT2D eigenvalue weighted by atomic mass is 9.87. The molecule has 0 bridgehead atoms. The summed E-state index contributed by atoms with van der Waals surface area (Å²) in [5.74, 6) is -0.429. The van der Waals surface area contributed by atoms with E-state index in [9.17, 15) is 9.59 Å². The smallest absolute Gasteiger partial charge is 0.322 e. The highest BCUT2D eigenvalue weighted by Gasteiger charge is 2.22. The molecule has 1 aliphatic carbocycles. The van der Waals surface area contributed by atoms with E-state index in [1.165, 1.54) is 12.8 Å². The Kier molecular flexibility index (Phi) is 5.41. The molecule has 1 amide bonds. The molecule has 5 heteroatoms. The fraction of sp³-hybridized carbons (Fsp3) is 0.833. The first-order valence-corrected chi connectivity index (χ1v) is 6.17. The van der Waals surface area contributed by atoms with E-state index in [1.807, 2.05) is 11.9 Å². The normalized spacial score (nSPS) is 24.6. The maximum Gasteiger partial charge on any atom is 0.322 e. The van der Waals surface area contributed by atoms with Gasteiger partial charge in [-0.1, -0.05) is 6.92 Å². The van der Waals surface area contributed by atoms with Crippen molar-refractivity contribution in [2.24, 2.45) is 5.92 Å². The number of carbonyl (C=O) groups is 2. The van der Waals surface area contributed by atoms with Gasteiger partial charge in [-0.15, -0.1) is 0 Å². The lowest BCUT2D eigenvalue weighted by Gasteiger charge is -2.33. The predicted octanol–water partition coefficient (Wildman–Crippen LogP) is 0.698. The number of nitrogens with one attached hydrogen (secondary N) is 1. The molecule has 17 heavy (non-hydrogen) atoms. The van der Waals surface area contributed by atoms with Crippen LogP contribution < -0.4 is 5.32 Å². The Morgan fingerprint density at radius 3 is 2.41 bits per heavy atom. The minimum atomic E-state index is -1.01. The molecule has 0 atom stereocenters. The van der Waals surface area contributed by atoms with Crippen molar-refractivity contribution in [2.45, 2.75) is 38.6 Å². The van der Waals surface area contributed by atoms with Crippen molar-refractivity contribution in [2.75, 3.05) is 20.1 Å². The van der Waals surface area contributed by atoms with Crippen LogP contribution in [0.3, 0.4) is 0 Å². The largest absolute Gasteiger partial charge is 0.480 e. The molecule has 2 N–H and O–H groups in total. The van der Waals surface area contributed by atoms with E-state index in [2.05, 4.69) is 12.2 Å². The SMILES string of the molecule is CC1CCC(N(C)CC(=O)NCC(=O)O)CC1. The van der Waals surface area contributed by atoms with Gasteiger partial charge >= 0.3 is 5.97 Å². The summed E-state index contributed by atoms with van der Waals surface area (Å²) >= 11 is 0. The Morgan fingerprint density at radius 2 is 1.88 bits per heavy atom. The van der Waals surface area contributed by atoms with E-state index >= 15 is 0 Å². The average molecular weight is 242 g/mol. The fourth-order valence-corrected chi connectivity index (χ4v) is 2.27. The molecule has 1 saturated carbocycles. The second-order valence-electron chi connectivity index (χ2n) is 5.00. The van der Waals surface area contributed by atoms with Crippen LogP contribution in [-0.4, -0.2) is 48.1 Å². The van der Waals surface area contributed by atoms with Gasteiger partial charge in [-0.3, -0.25) is 14.5 Å². The average Bonchev–Trinajstić information content (AvgIpc) is 2.27. The maximum atomic E-state index is 11.4. The fourth-order valence-electron chi connectivity index (χ4n) is 2.27. The zero-order valence-corrected chi connectivity index (χ0v) is 10.6. The molecule has 1 rings (SSSR count). The number of aliphatic carboxylic acids is 1. The van der Waals surface area contributed by atoms with Crippen molar-refractivity contribution in [1.29, 1.82) is 0 Å². The molecule has 0 radical (unpaired) electrons. The highest BCUT2D eigenvalue weighted by Crippen LogP contribution is 2.26. The number of hydrogen-bond acceptors (Lipinski definition) is 3. The minimum Gasteiger partial charge on any atom is -0.480 e. The van der Waals surface area contributed by atoms with Crippen molar-refractivity contribution in [1.82, 2.24) is 10.2 Å². The third-order valence-corrected chi connectivity index (χ3v) is 3.44. The number of amides is 1. The van der Waals surface area contributed by atoms with Gasteiger partial charge in [-0.2, -0.15) is 0 Å². The van der Waals surface area contributed by atoms with E-state index in [4.69, 9.17) is 5.11 Å². The second-order valence-corrected chi connectivity index (χ2v) is 5.00. The van der Waals surface area contributed by atoms with Crippen LogP contribution in [0, 0.1) is 5.92 Å². The number of hydrogen-bond donors (Lipinski definition) is 2. The third-order valence-electron chi connectivity index (χ3n) is 3.44. The molecular formula is C12H22N2O3. The molecule has 5 nitrogen and oxygen atoms in total. The van der Waals surface area contributed by atoms with Crippen molar-refractivity contribution in [3.8, 4) is 0 Å². The highest BCUT2D eigenvalue weighted by atomic mass is 16.4. The Labute approximate surface area is 102 Å². The standard InChI is InChI=1S/C12H22N2O3/c1-9-3-5-10(6-4-9)14(2)8-11(15)13-7-12(16)17/h9-10H,3-8H2,1-2H3,(H,13,15)(H,16,17). The molecule has 1 aliphatic rings. The number of likely N-dealkylation sites (N-methyl/N-ethyl adjacent to an activating group) is 1. The summed E-state index contributed by atoms with van der Waals surface area (Å²) < 4.78 is 0. The first kappa shape index (κ1) is 14.0. The van der Waals surface area contributed by atoms with Crippen LogP contribution in [0.1, 0.15) is 32.6 Å². The first-order chi connectivity index (χ1) is 7.99.